The van der Waals surface area contributed by atoms with Gasteiger partial charge in [-0.3, -0.25) is 9.59 Å². The molecule has 146 valence electrons. The van der Waals surface area contributed by atoms with E-state index >= 15 is 0 Å². The molecule has 3 saturated carbocycles. The van der Waals surface area contributed by atoms with Crippen LogP contribution < -0.4 is 9.64 Å². The van der Waals surface area contributed by atoms with E-state index in [4.69, 9.17) is 4.74 Å². The molecule has 1 aliphatic heterocycles. The number of aliphatic carboxylic acids is 1. The van der Waals surface area contributed by atoms with Gasteiger partial charge in [0.25, 0.3) is 0 Å². The molecule has 6 nitrogen and oxygen atoms in total. The average Bonchev–Trinajstić information content (AvgIpc) is 2.73. The number of anilines is 1. The minimum absolute atomic E-state index is 0.0714. The molecule has 5 rings (SSSR count). The van der Waals surface area contributed by atoms with E-state index in [0.29, 0.717) is 13.1 Å². The first kappa shape index (κ1) is 18.1. The molecule has 1 aromatic rings. The third kappa shape index (κ3) is 3.37. The first-order valence-corrected chi connectivity index (χ1v) is 9.99. The molecule has 0 spiro atoms. The lowest BCUT2D eigenvalue weighted by atomic mass is 9.58. The van der Waals surface area contributed by atoms with Gasteiger partial charge < -0.3 is 19.6 Å². The molecule has 1 N–H and O–H groups in total. The van der Waals surface area contributed by atoms with Crippen LogP contribution in [-0.4, -0.2) is 55.2 Å². The molecule has 0 aromatic heterocycles. The Morgan fingerprint density at radius 3 is 2.22 bits per heavy atom. The van der Waals surface area contributed by atoms with Crippen LogP contribution in [-0.2, 0) is 9.59 Å². The van der Waals surface area contributed by atoms with Gasteiger partial charge in [-0.15, -0.1) is 0 Å². The first-order valence-electron chi connectivity index (χ1n) is 9.99. The lowest BCUT2D eigenvalue weighted by Crippen LogP contribution is -2.56. The number of ether oxygens (including phenoxy) is 1. The normalized spacial score (nSPS) is 30.3. The molecule has 1 amide bonds. The van der Waals surface area contributed by atoms with Gasteiger partial charge in [0.05, 0.1) is 18.9 Å². The van der Waals surface area contributed by atoms with Gasteiger partial charge in [0, 0.05) is 37.9 Å². The molecule has 0 radical (unpaired) electrons. The van der Waals surface area contributed by atoms with Crippen molar-refractivity contribution in [1.29, 1.82) is 0 Å². The maximum Gasteiger partial charge on any atom is 0.307 e. The maximum atomic E-state index is 13.2. The standard InChI is InChI=1S/C21H28N2O4/c1-27-17-4-2-3-16(13-17)22-9-11-23(12-10-22)20(24)18-14-5-7-15(8-6-14)19(18)21(25)26/h2-4,13-15,18-19H,5-12H2,1H3,(H,25,26)/t14?,15?,18-,19-/m0/s1. The van der Waals surface area contributed by atoms with Crippen molar-refractivity contribution in [2.75, 3.05) is 38.2 Å². The largest absolute Gasteiger partial charge is 0.497 e. The van der Waals surface area contributed by atoms with Gasteiger partial charge in [0.1, 0.15) is 5.75 Å². The number of nitrogens with zero attached hydrogens (tertiary/aromatic N) is 2. The summed E-state index contributed by atoms with van der Waals surface area (Å²) in [7, 11) is 1.66. The molecular weight excluding hydrogens is 344 g/mol. The summed E-state index contributed by atoms with van der Waals surface area (Å²) in [5.41, 5.74) is 1.10. The second kappa shape index (κ2) is 7.41. The quantitative estimate of drug-likeness (QED) is 0.879. The van der Waals surface area contributed by atoms with Crippen LogP contribution in [0.1, 0.15) is 25.7 Å². The monoisotopic (exact) mass is 372 g/mol. The van der Waals surface area contributed by atoms with Gasteiger partial charge in [0.2, 0.25) is 5.91 Å². The lowest BCUT2D eigenvalue weighted by molar-refractivity contribution is -0.162. The first-order chi connectivity index (χ1) is 13.1. The number of amides is 1. The molecule has 4 fully saturated rings. The van der Waals surface area contributed by atoms with Crippen molar-refractivity contribution >= 4 is 17.6 Å². The topological polar surface area (TPSA) is 70.1 Å². The highest BCUT2D eigenvalue weighted by Gasteiger charge is 2.51. The van der Waals surface area contributed by atoms with Gasteiger partial charge in [-0.05, 0) is 49.7 Å². The third-order valence-corrected chi connectivity index (χ3v) is 6.80. The predicted octanol–water partition coefficient (Wildman–Crippen LogP) is 2.48. The number of hydrogen-bond acceptors (Lipinski definition) is 4. The number of carbonyl (C=O) groups is 2. The summed E-state index contributed by atoms with van der Waals surface area (Å²) in [6.45, 7) is 2.82. The highest BCUT2D eigenvalue weighted by atomic mass is 16.5. The molecule has 4 aliphatic rings. The van der Waals surface area contributed by atoms with E-state index in [-0.39, 0.29) is 23.7 Å². The number of piperazine rings is 1. The van der Waals surface area contributed by atoms with Crippen molar-refractivity contribution < 1.29 is 19.4 Å². The third-order valence-electron chi connectivity index (χ3n) is 6.80. The fraction of sp³-hybridized carbons (Fsp3) is 0.619. The number of fused-ring (bicyclic) bond motifs is 3. The molecule has 1 aromatic carbocycles. The van der Waals surface area contributed by atoms with E-state index in [1.807, 2.05) is 23.1 Å². The fourth-order valence-corrected chi connectivity index (χ4v) is 5.36. The Hall–Kier alpha value is -2.24. The van der Waals surface area contributed by atoms with Crippen molar-refractivity contribution in [3.8, 4) is 5.75 Å². The SMILES string of the molecule is COc1cccc(N2CCN(C(=O)[C@H]3C4CCC(CC4)[C@@H]3C(=O)O)CC2)c1. The summed E-state index contributed by atoms with van der Waals surface area (Å²) in [6, 6.07) is 7.97. The van der Waals surface area contributed by atoms with Crippen molar-refractivity contribution in [2.45, 2.75) is 25.7 Å². The second-order valence-electron chi connectivity index (χ2n) is 8.08. The zero-order chi connectivity index (χ0) is 19.0. The Balaban J connectivity index is 1.43. The van der Waals surface area contributed by atoms with Gasteiger partial charge >= 0.3 is 5.97 Å². The number of benzene rings is 1. The molecular formula is C21H28N2O4. The molecule has 6 heteroatoms. The average molecular weight is 372 g/mol. The number of rotatable bonds is 4. The van der Waals surface area contributed by atoms with Crippen LogP contribution in [0.15, 0.2) is 24.3 Å². The molecule has 2 bridgehead atoms. The molecule has 2 atom stereocenters. The second-order valence-corrected chi connectivity index (χ2v) is 8.08. The lowest BCUT2D eigenvalue weighted by Gasteiger charge is -2.48. The predicted molar refractivity (Wildman–Crippen MR) is 102 cm³/mol. The van der Waals surface area contributed by atoms with Crippen LogP contribution in [0.2, 0.25) is 0 Å². The minimum Gasteiger partial charge on any atom is -0.497 e. The summed E-state index contributed by atoms with van der Waals surface area (Å²) in [6.07, 6.45) is 3.95. The Kier molecular flexibility index (Phi) is 4.98. The van der Waals surface area contributed by atoms with Crippen LogP contribution in [0.4, 0.5) is 5.69 Å². The van der Waals surface area contributed by atoms with Crippen LogP contribution in [0.5, 0.6) is 5.75 Å². The minimum atomic E-state index is -0.780. The van der Waals surface area contributed by atoms with Crippen LogP contribution in [0.25, 0.3) is 0 Å². The summed E-state index contributed by atoms with van der Waals surface area (Å²) >= 11 is 0. The zero-order valence-electron chi connectivity index (χ0n) is 15.8. The van der Waals surface area contributed by atoms with E-state index < -0.39 is 11.9 Å². The van der Waals surface area contributed by atoms with Crippen molar-refractivity contribution in [3.05, 3.63) is 24.3 Å². The molecule has 1 heterocycles. The van der Waals surface area contributed by atoms with E-state index in [0.717, 1.165) is 50.2 Å². The zero-order valence-corrected chi connectivity index (χ0v) is 15.8. The number of carboxylic acid groups (broad SMARTS) is 1. The summed E-state index contributed by atoms with van der Waals surface area (Å²) in [5, 5.41) is 9.73. The van der Waals surface area contributed by atoms with Gasteiger partial charge in [-0.2, -0.15) is 0 Å². The molecule has 3 aliphatic carbocycles. The highest BCUT2D eigenvalue weighted by Crippen LogP contribution is 2.49. The number of carboxylic acids is 1. The summed E-state index contributed by atoms with van der Waals surface area (Å²) < 4.78 is 5.30. The summed E-state index contributed by atoms with van der Waals surface area (Å²) in [4.78, 5) is 29.2. The fourth-order valence-electron chi connectivity index (χ4n) is 5.36. The number of hydrogen-bond donors (Lipinski definition) is 1. The Bertz CT molecular complexity index is 706. The van der Waals surface area contributed by atoms with Crippen LogP contribution in [0, 0.1) is 23.7 Å². The smallest absolute Gasteiger partial charge is 0.307 e. The summed E-state index contributed by atoms with van der Waals surface area (Å²) in [5.74, 6) is -0.257. The molecule has 0 unspecified atom stereocenters. The van der Waals surface area contributed by atoms with Crippen molar-refractivity contribution in [3.63, 3.8) is 0 Å². The Morgan fingerprint density at radius 1 is 1.00 bits per heavy atom. The van der Waals surface area contributed by atoms with E-state index in [1.165, 1.54) is 0 Å². The van der Waals surface area contributed by atoms with E-state index in [2.05, 4.69) is 11.0 Å². The van der Waals surface area contributed by atoms with E-state index in [9.17, 15) is 14.7 Å². The Labute approximate surface area is 160 Å². The molecule has 1 saturated heterocycles. The van der Waals surface area contributed by atoms with Crippen molar-refractivity contribution in [2.24, 2.45) is 23.7 Å². The van der Waals surface area contributed by atoms with Gasteiger partial charge in [0.15, 0.2) is 0 Å². The van der Waals surface area contributed by atoms with Crippen molar-refractivity contribution in [1.82, 2.24) is 4.90 Å². The number of methoxy groups -OCH3 is 1. The van der Waals surface area contributed by atoms with Crippen LogP contribution in [0.3, 0.4) is 0 Å². The van der Waals surface area contributed by atoms with Gasteiger partial charge in [-0.25, -0.2) is 0 Å². The van der Waals surface area contributed by atoms with Crippen LogP contribution >= 0.6 is 0 Å². The molecule has 27 heavy (non-hydrogen) atoms. The van der Waals surface area contributed by atoms with E-state index in [1.54, 1.807) is 7.11 Å². The number of carbonyl (C=O) groups excluding carboxylic acids is 1. The highest BCUT2D eigenvalue weighted by molar-refractivity contribution is 5.86. The maximum absolute atomic E-state index is 13.2. The van der Waals surface area contributed by atoms with Gasteiger partial charge in [-0.1, -0.05) is 6.07 Å². The Morgan fingerprint density at radius 2 is 1.63 bits per heavy atom.